The number of benzene rings is 1. The van der Waals surface area contributed by atoms with Gasteiger partial charge in [-0.3, -0.25) is 0 Å². The monoisotopic (exact) mass is 198 g/mol. The van der Waals surface area contributed by atoms with Crippen LogP contribution >= 0.6 is 12.6 Å². The van der Waals surface area contributed by atoms with Crippen LogP contribution in [0.1, 0.15) is 15.9 Å². The standard InChI is InChI=1S/C9H10O3S/c1-5-3-6(9(10)11)8(12-2)7(13)4-5/h3-4,13H,1-2H3,(H,10,11). The molecule has 0 aliphatic heterocycles. The Kier molecular flexibility index (Phi) is 2.83. The summed E-state index contributed by atoms with van der Waals surface area (Å²) in [6.45, 7) is 1.81. The highest BCUT2D eigenvalue weighted by molar-refractivity contribution is 7.80. The largest absolute Gasteiger partial charge is 0.495 e. The molecular weight excluding hydrogens is 188 g/mol. The van der Waals surface area contributed by atoms with E-state index in [0.29, 0.717) is 10.6 Å². The summed E-state index contributed by atoms with van der Waals surface area (Å²) in [5.41, 5.74) is 0.996. The van der Waals surface area contributed by atoms with Gasteiger partial charge in [-0.2, -0.15) is 0 Å². The average molecular weight is 198 g/mol. The van der Waals surface area contributed by atoms with Crippen LogP contribution in [0.15, 0.2) is 17.0 Å². The van der Waals surface area contributed by atoms with Gasteiger partial charge in [-0.25, -0.2) is 4.79 Å². The van der Waals surface area contributed by atoms with Crippen molar-refractivity contribution in [2.24, 2.45) is 0 Å². The average Bonchev–Trinajstić information content (AvgIpc) is 2.02. The number of carboxylic acids is 1. The first-order valence-electron chi connectivity index (χ1n) is 3.67. The summed E-state index contributed by atoms with van der Waals surface area (Å²) in [6.07, 6.45) is 0. The third kappa shape index (κ3) is 1.95. The summed E-state index contributed by atoms with van der Waals surface area (Å²) >= 11 is 4.12. The summed E-state index contributed by atoms with van der Waals surface area (Å²) in [6, 6.07) is 3.31. The van der Waals surface area contributed by atoms with Gasteiger partial charge in [-0.15, -0.1) is 12.6 Å². The molecule has 13 heavy (non-hydrogen) atoms. The first kappa shape index (κ1) is 9.92. The maximum Gasteiger partial charge on any atom is 0.339 e. The van der Waals surface area contributed by atoms with Crippen LogP contribution in [0, 0.1) is 6.92 Å². The first-order valence-corrected chi connectivity index (χ1v) is 4.12. The Hall–Kier alpha value is -1.16. The molecule has 0 fully saturated rings. The Bertz CT molecular complexity index is 347. The molecule has 1 rings (SSSR count). The maximum absolute atomic E-state index is 10.8. The molecule has 0 unspecified atom stereocenters. The lowest BCUT2D eigenvalue weighted by Gasteiger charge is -2.08. The molecule has 0 heterocycles. The van der Waals surface area contributed by atoms with E-state index in [9.17, 15) is 4.79 Å². The lowest BCUT2D eigenvalue weighted by atomic mass is 10.1. The van der Waals surface area contributed by atoms with E-state index in [-0.39, 0.29) is 5.56 Å². The quantitative estimate of drug-likeness (QED) is 0.714. The van der Waals surface area contributed by atoms with Crippen LogP contribution in [0.4, 0.5) is 0 Å². The topological polar surface area (TPSA) is 46.5 Å². The van der Waals surface area contributed by atoms with Crippen molar-refractivity contribution in [2.75, 3.05) is 7.11 Å². The highest BCUT2D eigenvalue weighted by atomic mass is 32.1. The Balaban J connectivity index is 3.38. The minimum atomic E-state index is -1.00. The van der Waals surface area contributed by atoms with Crippen molar-refractivity contribution in [3.05, 3.63) is 23.3 Å². The number of aromatic carboxylic acids is 1. The number of carboxylic acid groups (broad SMARTS) is 1. The van der Waals surface area contributed by atoms with Crippen LogP contribution in [0.2, 0.25) is 0 Å². The van der Waals surface area contributed by atoms with Gasteiger partial charge >= 0.3 is 5.97 Å². The van der Waals surface area contributed by atoms with Crippen molar-refractivity contribution in [2.45, 2.75) is 11.8 Å². The Morgan fingerprint density at radius 1 is 1.54 bits per heavy atom. The van der Waals surface area contributed by atoms with Gasteiger partial charge in [0, 0.05) is 4.90 Å². The van der Waals surface area contributed by atoms with Crippen molar-refractivity contribution in [3.63, 3.8) is 0 Å². The van der Waals surface area contributed by atoms with E-state index >= 15 is 0 Å². The molecule has 4 heteroatoms. The number of thiol groups is 1. The molecule has 3 nitrogen and oxygen atoms in total. The predicted molar refractivity (Wildman–Crippen MR) is 51.9 cm³/mol. The lowest BCUT2D eigenvalue weighted by Crippen LogP contribution is -2.01. The SMILES string of the molecule is COc1c(S)cc(C)cc1C(=O)O. The third-order valence-corrected chi connectivity index (χ3v) is 1.98. The number of hydrogen-bond acceptors (Lipinski definition) is 3. The minimum Gasteiger partial charge on any atom is -0.495 e. The zero-order chi connectivity index (χ0) is 10.0. The highest BCUT2D eigenvalue weighted by Crippen LogP contribution is 2.28. The summed E-state index contributed by atoms with van der Waals surface area (Å²) in [4.78, 5) is 11.3. The second kappa shape index (κ2) is 3.70. The summed E-state index contributed by atoms with van der Waals surface area (Å²) in [5.74, 6) is -0.697. The number of hydrogen-bond donors (Lipinski definition) is 2. The van der Waals surface area contributed by atoms with Gasteiger partial charge in [-0.05, 0) is 24.6 Å². The summed E-state index contributed by atoms with van der Waals surface area (Å²) < 4.78 is 4.94. The Labute approximate surface area is 81.8 Å². The zero-order valence-electron chi connectivity index (χ0n) is 7.37. The molecule has 0 aliphatic rings. The molecule has 0 aliphatic carbocycles. The first-order chi connectivity index (χ1) is 6.06. The van der Waals surface area contributed by atoms with Gasteiger partial charge < -0.3 is 9.84 Å². The molecule has 0 atom stereocenters. The van der Waals surface area contributed by atoms with Gasteiger partial charge in [0.25, 0.3) is 0 Å². The smallest absolute Gasteiger partial charge is 0.339 e. The van der Waals surface area contributed by atoms with E-state index in [4.69, 9.17) is 9.84 Å². The van der Waals surface area contributed by atoms with Gasteiger partial charge in [-0.1, -0.05) is 0 Å². The van der Waals surface area contributed by atoms with Gasteiger partial charge in [0.2, 0.25) is 0 Å². The normalized spacial score (nSPS) is 9.77. The van der Waals surface area contributed by atoms with Gasteiger partial charge in [0.05, 0.1) is 7.11 Å². The molecule has 0 radical (unpaired) electrons. The predicted octanol–water partition coefficient (Wildman–Crippen LogP) is 1.99. The fourth-order valence-electron chi connectivity index (χ4n) is 1.13. The van der Waals surface area contributed by atoms with Crippen LogP contribution in [0.3, 0.4) is 0 Å². The second-order valence-electron chi connectivity index (χ2n) is 2.67. The molecule has 0 amide bonds. The molecule has 0 bridgehead atoms. The maximum atomic E-state index is 10.8. The number of ether oxygens (including phenoxy) is 1. The molecule has 0 saturated carbocycles. The molecule has 1 N–H and O–H groups in total. The van der Waals surface area contributed by atoms with Crippen molar-refractivity contribution >= 4 is 18.6 Å². The third-order valence-electron chi connectivity index (χ3n) is 1.65. The number of aryl methyl sites for hydroxylation is 1. The van der Waals surface area contributed by atoms with E-state index in [2.05, 4.69) is 12.6 Å². The second-order valence-corrected chi connectivity index (χ2v) is 3.15. The van der Waals surface area contributed by atoms with Crippen LogP contribution in [0.25, 0.3) is 0 Å². The molecule has 0 spiro atoms. The van der Waals surface area contributed by atoms with E-state index < -0.39 is 5.97 Å². The van der Waals surface area contributed by atoms with Crippen LogP contribution in [-0.2, 0) is 0 Å². The van der Waals surface area contributed by atoms with Crippen LogP contribution < -0.4 is 4.74 Å². The lowest BCUT2D eigenvalue weighted by molar-refractivity contribution is 0.0692. The number of methoxy groups -OCH3 is 1. The van der Waals surface area contributed by atoms with Crippen LogP contribution in [0.5, 0.6) is 5.75 Å². The van der Waals surface area contributed by atoms with Crippen molar-refractivity contribution in [1.82, 2.24) is 0 Å². The van der Waals surface area contributed by atoms with E-state index in [1.807, 2.05) is 6.92 Å². The van der Waals surface area contributed by atoms with E-state index in [1.54, 1.807) is 12.1 Å². The van der Waals surface area contributed by atoms with Crippen molar-refractivity contribution in [1.29, 1.82) is 0 Å². The van der Waals surface area contributed by atoms with Gasteiger partial charge in [0.15, 0.2) is 0 Å². The molecular formula is C9H10O3S. The van der Waals surface area contributed by atoms with Crippen LogP contribution in [-0.4, -0.2) is 18.2 Å². The number of rotatable bonds is 2. The Morgan fingerprint density at radius 3 is 2.62 bits per heavy atom. The molecule has 0 aromatic heterocycles. The van der Waals surface area contributed by atoms with Gasteiger partial charge in [0.1, 0.15) is 11.3 Å². The summed E-state index contributed by atoms with van der Waals surface area (Å²) in [5, 5.41) is 8.83. The van der Waals surface area contributed by atoms with Crippen molar-refractivity contribution in [3.8, 4) is 5.75 Å². The number of carbonyl (C=O) groups is 1. The molecule has 0 saturated heterocycles. The van der Waals surface area contributed by atoms with E-state index in [0.717, 1.165) is 5.56 Å². The van der Waals surface area contributed by atoms with E-state index in [1.165, 1.54) is 7.11 Å². The Morgan fingerprint density at radius 2 is 2.15 bits per heavy atom. The van der Waals surface area contributed by atoms with Crippen molar-refractivity contribution < 1.29 is 14.6 Å². The molecule has 1 aromatic carbocycles. The molecule has 70 valence electrons. The fraction of sp³-hybridized carbons (Fsp3) is 0.222. The highest BCUT2D eigenvalue weighted by Gasteiger charge is 2.13. The minimum absolute atomic E-state index is 0.146. The summed E-state index contributed by atoms with van der Waals surface area (Å²) in [7, 11) is 1.43. The fourth-order valence-corrected chi connectivity index (χ4v) is 1.54. The molecule has 1 aromatic rings. The zero-order valence-corrected chi connectivity index (χ0v) is 8.26.